The number of halogens is 1. The number of likely N-dealkylation sites (tertiary alicyclic amines) is 1. The van der Waals surface area contributed by atoms with Crippen LogP contribution in [-0.2, 0) is 4.79 Å². The zero-order chi connectivity index (χ0) is 18.8. The van der Waals surface area contributed by atoms with Gasteiger partial charge in [0, 0.05) is 43.5 Å². The first-order chi connectivity index (χ1) is 13.1. The molecule has 2 saturated carbocycles. The molecule has 5 nitrogen and oxygen atoms in total. The Balaban J connectivity index is 1.30. The molecule has 1 aromatic rings. The highest BCUT2D eigenvalue weighted by Crippen LogP contribution is 2.33. The summed E-state index contributed by atoms with van der Waals surface area (Å²) < 4.78 is 6.06. The Morgan fingerprint density at radius 1 is 1.04 bits per heavy atom. The molecular weight excluding hydrogens is 364 g/mol. The third-order valence-electron chi connectivity index (χ3n) is 5.86. The smallest absolute Gasteiger partial charge is 0.251 e. The first-order valence-electron chi connectivity index (χ1n) is 10.2. The Labute approximate surface area is 165 Å². The molecule has 4 rings (SSSR count). The number of carbonyl (C=O) groups is 2. The van der Waals surface area contributed by atoms with Gasteiger partial charge in [0.1, 0.15) is 11.9 Å². The van der Waals surface area contributed by atoms with Crippen molar-refractivity contribution in [3.63, 3.8) is 0 Å². The van der Waals surface area contributed by atoms with E-state index in [0.29, 0.717) is 22.2 Å². The normalized spacial score (nSPS) is 21.3. The maximum Gasteiger partial charge on any atom is 0.251 e. The Morgan fingerprint density at radius 2 is 1.74 bits per heavy atom. The molecule has 0 spiro atoms. The molecule has 6 heteroatoms. The van der Waals surface area contributed by atoms with Gasteiger partial charge in [-0.2, -0.15) is 0 Å². The van der Waals surface area contributed by atoms with Gasteiger partial charge in [-0.3, -0.25) is 9.59 Å². The molecule has 1 heterocycles. The average Bonchev–Trinajstić information content (AvgIpc) is 3.40. The van der Waals surface area contributed by atoms with Gasteiger partial charge in [-0.15, -0.1) is 0 Å². The molecule has 0 aromatic heterocycles. The standard InChI is InChI=1S/C21H27ClN2O3/c22-18-13-15(20(25)23-16-3-1-2-4-16)7-8-19(18)27-17-9-11-24(12-10-17)21(26)14-5-6-14/h7-8,13-14,16-17H,1-6,9-12H2,(H,23,25). The zero-order valence-electron chi connectivity index (χ0n) is 15.6. The van der Waals surface area contributed by atoms with E-state index in [1.54, 1.807) is 18.2 Å². The van der Waals surface area contributed by atoms with E-state index in [0.717, 1.165) is 51.6 Å². The van der Waals surface area contributed by atoms with Crippen molar-refractivity contribution in [3.8, 4) is 5.75 Å². The summed E-state index contributed by atoms with van der Waals surface area (Å²) in [7, 11) is 0. The van der Waals surface area contributed by atoms with Gasteiger partial charge >= 0.3 is 0 Å². The highest BCUT2D eigenvalue weighted by Gasteiger charge is 2.35. The van der Waals surface area contributed by atoms with E-state index in [1.807, 2.05) is 4.90 Å². The largest absolute Gasteiger partial charge is 0.489 e. The van der Waals surface area contributed by atoms with Gasteiger partial charge in [0.2, 0.25) is 5.91 Å². The molecule has 2 amide bonds. The fourth-order valence-electron chi connectivity index (χ4n) is 4.04. The number of nitrogens with zero attached hydrogens (tertiary/aromatic N) is 1. The third kappa shape index (κ3) is 4.57. The second-order valence-electron chi connectivity index (χ2n) is 8.02. The van der Waals surface area contributed by atoms with Crippen LogP contribution < -0.4 is 10.1 Å². The van der Waals surface area contributed by atoms with Crippen LogP contribution in [0.4, 0.5) is 0 Å². The summed E-state index contributed by atoms with van der Waals surface area (Å²) in [5.74, 6) is 1.13. The summed E-state index contributed by atoms with van der Waals surface area (Å²) in [6.45, 7) is 1.50. The Bertz CT molecular complexity index is 705. The van der Waals surface area contributed by atoms with Gasteiger partial charge in [-0.05, 0) is 43.9 Å². The van der Waals surface area contributed by atoms with Gasteiger partial charge < -0.3 is 15.0 Å². The predicted molar refractivity (Wildman–Crippen MR) is 104 cm³/mol. The second-order valence-corrected chi connectivity index (χ2v) is 8.42. The summed E-state index contributed by atoms with van der Waals surface area (Å²) in [5.41, 5.74) is 0.573. The van der Waals surface area contributed by atoms with Gasteiger partial charge in [-0.1, -0.05) is 24.4 Å². The molecule has 1 aromatic carbocycles. The monoisotopic (exact) mass is 390 g/mol. The molecule has 1 N–H and O–H groups in total. The van der Waals surface area contributed by atoms with Gasteiger partial charge in [0.05, 0.1) is 5.02 Å². The van der Waals surface area contributed by atoms with Crippen LogP contribution in [0.15, 0.2) is 18.2 Å². The van der Waals surface area contributed by atoms with E-state index in [4.69, 9.17) is 16.3 Å². The van der Waals surface area contributed by atoms with E-state index in [-0.39, 0.29) is 24.0 Å². The van der Waals surface area contributed by atoms with Crippen LogP contribution in [0.3, 0.4) is 0 Å². The van der Waals surface area contributed by atoms with Crippen LogP contribution in [0.2, 0.25) is 5.02 Å². The van der Waals surface area contributed by atoms with Crippen molar-refractivity contribution in [1.82, 2.24) is 10.2 Å². The number of hydrogen-bond acceptors (Lipinski definition) is 3. The lowest BCUT2D eigenvalue weighted by Crippen LogP contribution is -2.42. The van der Waals surface area contributed by atoms with Crippen molar-refractivity contribution < 1.29 is 14.3 Å². The number of nitrogens with one attached hydrogen (secondary N) is 1. The summed E-state index contributed by atoms with van der Waals surface area (Å²) in [5, 5.41) is 3.54. The molecule has 0 unspecified atom stereocenters. The molecule has 0 bridgehead atoms. The quantitative estimate of drug-likeness (QED) is 0.832. The number of amides is 2. The van der Waals surface area contributed by atoms with Crippen LogP contribution in [0, 0.1) is 5.92 Å². The number of benzene rings is 1. The molecule has 3 aliphatic rings. The molecule has 3 fully saturated rings. The molecule has 0 atom stereocenters. The minimum atomic E-state index is -0.0674. The number of hydrogen-bond donors (Lipinski definition) is 1. The topological polar surface area (TPSA) is 58.6 Å². The highest BCUT2D eigenvalue weighted by molar-refractivity contribution is 6.32. The summed E-state index contributed by atoms with van der Waals surface area (Å²) >= 11 is 6.37. The van der Waals surface area contributed by atoms with E-state index in [1.165, 1.54) is 12.8 Å². The molecule has 2 aliphatic carbocycles. The Kier molecular flexibility index (Phi) is 5.58. The van der Waals surface area contributed by atoms with Gasteiger partial charge in [-0.25, -0.2) is 0 Å². The lowest BCUT2D eigenvalue weighted by molar-refractivity contribution is -0.134. The second kappa shape index (κ2) is 8.09. The lowest BCUT2D eigenvalue weighted by atomic mass is 10.1. The third-order valence-corrected chi connectivity index (χ3v) is 6.15. The minimum absolute atomic E-state index is 0.0592. The zero-order valence-corrected chi connectivity index (χ0v) is 16.3. The highest BCUT2D eigenvalue weighted by atomic mass is 35.5. The Morgan fingerprint density at radius 3 is 2.37 bits per heavy atom. The fraction of sp³-hybridized carbons (Fsp3) is 0.619. The van der Waals surface area contributed by atoms with Crippen molar-refractivity contribution in [2.75, 3.05) is 13.1 Å². The summed E-state index contributed by atoms with van der Waals surface area (Å²) in [6.07, 6.45) is 8.27. The van der Waals surface area contributed by atoms with Crippen molar-refractivity contribution in [2.24, 2.45) is 5.92 Å². The van der Waals surface area contributed by atoms with Crippen LogP contribution >= 0.6 is 11.6 Å². The van der Waals surface area contributed by atoms with E-state index >= 15 is 0 Å². The molecule has 27 heavy (non-hydrogen) atoms. The number of carbonyl (C=O) groups excluding carboxylic acids is 2. The average molecular weight is 391 g/mol. The van der Waals surface area contributed by atoms with Crippen molar-refractivity contribution in [1.29, 1.82) is 0 Å². The first-order valence-corrected chi connectivity index (χ1v) is 10.5. The molecule has 1 saturated heterocycles. The van der Waals surface area contributed by atoms with Crippen molar-refractivity contribution >= 4 is 23.4 Å². The van der Waals surface area contributed by atoms with Crippen LogP contribution in [-0.4, -0.2) is 41.9 Å². The molecule has 0 radical (unpaired) electrons. The minimum Gasteiger partial charge on any atom is -0.489 e. The van der Waals surface area contributed by atoms with Crippen molar-refractivity contribution in [2.45, 2.75) is 63.5 Å². The number of ether oxygens (including phenoxy) is 1. The molecule has 146 valence electrons. The van der Waals surface area contributed by atoms with E-state index in [2.05, 4.69) is 5.32 Å². The van der Waals surface area contributed by atoms with Gasteiger partial charge in [0.15, 0.2) is 0 Å². The Hall–Kier alpha value is -1.75. The van der Waals surface area contributed by atoms with Crippen molar-refractivity contribution in [3.05, 3.63) is 28.8 Å². The molecule has 1 aliphatic heterocycles. The lowest BCUT2D eigenvalue weighted by Gasteiger charge is -2.32. The summed E-state index contributed by atoms with van der Waals surface area (Å²) in [4.78, 5) is 26.5. The van der Waals surface area contributed by atoms with Crippen LogP contribution in [0.1, 0.15) is 61.7 Å². The number of piperidine rings is 1. The summed E-state index contributed by atoms with van der Waals surface area (Å²) in [6, 6.07) is 5.54. The maximum atomic E-state index is 12.4. The van der Waals surface area contributed by atoms with E-state index in [9.17, 15) is 9.59 Å². The SMILES string of the molecule is O=C(NC1CCCC1)c1ccc(OC2CCN(C(=O)C3CC3)CC2)c(Cl)c1. The first kappa shape index (κ1) is 18.6. The van der Waals surface area contributed by atoms with E-state index < -0.39 is 0 Å². The maximum absolute atomic E-state index is 12.4. The van der Waals surface area contributed by atoms with Crippen LogP contribution in [0.5, 0.6) is 5.75 Å². The van der Waals surface area contributed by atoms with Crippen LogP contribution in [0.25, 0.3) is 0 Å². The van der Waals surface area contributed by atoms with Gasteiger partial charge in [0.25, 0.3) is 5.91 Å². The number of rotatable bonds is 5. The predicted octanol–water partition coefficient (Wildman–Crippen LogP) is 3.79. The fourth-order valence-corrected chi connectivity index (χ4v) is 4.26. The molecular formula is C21H27ClN2O3.